The van der Waals surface area contributed by atoms with Gasteiger partial charge in [-0.25, -0.2) is 0 Å². The summed E-state index contributed by atoms with van der Waals surface area (Å²) < 4.78 is 0. The smallest absolute Gasteiger partial charge is 0.00209 e. The average molecular weight is 271 g/mol. The Hall–Kier alpha value is -0.170. The van der Waals surface area contributed by atoms with Crippen LogP contribution in [0.5, 0.6) is 0 Å². The lowest BCUT2D eigenvalue weighted by Gasteiger charge is -2.33. The zero-order chi connectivity index (χ0) is 14.3. The molecule has 0 aromatic heterocycles. The highest BCUT2D eigenvalue weighted by Gasteiger charge is 2.26. The van der Waals surface area contributed by atoms with Crippen LogP contribution in [0, 0.1) is 5.41 Å². The normalized spacial score (nSPS) is 10.4. The summed E-state index contributed by atoms with van der Waals surface area (Å²) in [6.45, 7) is 16.0. The number of thioether (sulfide) groups is 1. The SMILES string of the molecule is C=CC.C=CSCCC(CCC)(CCC)CCC. The molecular weight excluding hydrogens is 236 g/mol. The second-order valence-corrected chi connectivity index (χ2v) is 6.02. The fourth-order valence-electron chi connectivity index (χ4n) is 2.70. The third-order valence-electron chi connectivity index (χ3n) is 3.21. The van der Waals surface area contributed by atoms with Crippen molar-refractivity contribution in [2.45, 2.75) is 72.6 Å². The molecule has 0 aliphatic carbocycles. The first-order valence-corrected chi connectivity index (χ1v) is 8.50. The summed E-state index contributed by atoms with van der Waals surface area (Å²) in [6.07, 6.45) is 11.3. The van der Waals surface area contributed by atoms with E-state index in [1.54, 1.807) is 6.08 Å². The third-order valence-corrected chi connectivity index (χ3v) is 3.88. The summed E-state index contributed by atoms with van der Waals surface area (Å²) in [5.74, 6) is 1.25. The average Bonchev–Trinajstić information content (AvgIpc) is 2.31. The molecule has 0 aromatic carbocycles. The van der Waals surface area contributed by atoms with Crippen molar-refractivity contribution in [1.82, 2.24) is 0 Å². The van der Waals surface area contributed by atoms with Crippen LogP contribution in [0.4, 0.5) is 0 Å². The second kappa shape index (κ2) is 14.9. The minimum atomic E-state index is 0.633. The summed E-state index contributed by atoms with van der Waals surface area (Å²) in [5.41, 5.74) is 0.633. The molecule has 0 unspecified atom stereocenters. The van der Waals surface area contributed by atoms with Crippen molar-refractivity contribution in [3.63, 3.8) is 0 Å². The van der Waals surface area contributed by atoms with Gasteiger partial charge in [0.15, 0.2) is 0 Å². The van der Waals surface area contributed by atoms with Crippen molar-refractivity contribution in [3.05, 3.63) is 24.6 Å². The van der Waals surface area contributed by atoms with Crippen LogP contribution in [-0.4, -0.2) is 5.75 Å². The van der Waals surface area contributed by atoms with Gasteiger partial charge in [0.25, 0.3) is 0 Å². The molecule has 108 valence electrons. The van der Waals surface area contributed by atoms with E-state index < -0.39 is 0 Å². The molecule has 0 saturated heterocycles. The molecule has 0 spiro atoms. The highest BCUT2D eigenvalue weighted by atomic mass is 32.2. The molecule has 1 heteroatoms. The molecule has 0 saturated carbocycles. The van der Waals surface area contributed by atoms with Crippen molar-refractivity contribution in [3.8, 4) is 0 Å². The van der Waals surface area contributed by atoms with E-state index in [2.05, 4.69) is 33.9 Å². The molecule has 0 aromatic rings. The molecule has 0 amide bonds. The zero-order valence-electron chi connectivity index (χ0n) is 13.1. The van der Waals surface area contributed by atoms with Crippen molar-refractivity contribution >= 4 is 11.8 Å². The maximum absolute atomic E-state index is 3.78. The summed E-state index contributed by atoms with van der Waals surface area (Å²) >= 11 is 1.88. The Balaban J connectivity index is 0. The number of hydrogen-bond donors (Lipinski definition) is 0. The first-order chi connectivity index (χ1) is 8.66. The minimum Gasteiger partial charge on any atom is -0.135 e. The van der Waals surface area contributed by atoms with Crippen LogP contribution in [0.2, 0.25) is 0 Å². The Morgan fingerprint density at radius 3 is 1.56 bits per heavy atom. The molecule has 18 heavy (non-hydrogen) atoms. The van der Waals surface area contributed by atoms with Crippen molar-refractivity contribution in [2.75, 3.05) is 5.75 Å². The summed E-state index contributed by atoms with van der Waals surface area (Å²) in [5, 5.41) is 1.98. The van der Waals surface area contributed by atoms with Crippen LogP contribution >= 0.6 is 11.8 Å². The number of allylic oxidation sites excluding steroid dienone is 1. The second-order valence-electron chi connectivity index (χ2n) is 4.95. The van der Waals surface area contributed by atoms with Crippen LogP contribution in [0.25, 0.3) is 0 Å². The van der Waals surface area contributed by atoms with E-state index in [1.807, 2.05) is 24.1 Å². The van der Waals surface area contributed by atoms with Crippen LogP contribution in [0.15, 0.2) is 24.6 Å². The molecule has 0 N–H and O–H groups in total. The van der Waals surface area contributed by atoms with Crippen molar-refractivity contribution < 1.29 is 0 Å². The number of rotatable bonds is 10. The predicted molar refractivity (Wildman–Crippen MR) is 90.3 cm³/mol. The Bertz CT molecular complexity index is 167. The van der Waals surface area contributed by atoms with Gasteiger partial charge in [0, 0.05) is 0 Å². The van der Waals surface area contributed by atoms with E-state index in [0.717, 1.165) is 0 Å². The van der Waals surface area contributed by atoms with Gasteiger partial charge in [0.1, 0.15) is 0 Å². The molecule has 0 bridgehead atoms. The third kappa shape index (κ3) is 11.0. The Morgan fingerprint density at radius 1 is 0.889 bits per heavy atom. The molecule has 0 atom stereocenters. The van der Waals surface area contributed by atoms with Gasteiger partial charge in [-0.15, -0.1) is 18.3 Å². The number of hydrogen-bond acceptors (Lipinski definition) is 1. The maximum Gasteiger partial charge on any atom is -0.00209 e. The molecule has 0 radical (unpaired) electrons. The quantitative estimate of drug-likeness (QED) is 0.309. The molecule has 0 heterocycles. The maximum atomic E-state index is 3.78. The van der Waals surface area contributed by atoms with E-state index in [1.165, 1.54) is 50.7 Å². The molecular formula is C17H34S. The standard InChI is InChI=1S/C14H28S.C3H6/c1-5-9-14(10-6-2,11-7-3)12-13-15-8-4;1-3-2/h8H,4-7,9-13H2,1-3H3;3H,1H2,2H3. The van der Waals surface area contributed by atoms with Crippen molar-refractivity contribution in [1.29, 1.82) is 0 Å². The van der Waals surface area contributed by atoms with Crippen LogP contribution in [0.1, 0.15) is 72.6 Å². The lowest BCUT2D eigenvalue weighted by molar-refractivity contribution is 0.204. The molecule has 0 fully saturated rings. The van der Waals surface area contributed by atoms with Gasteiger partial charge in [-0.05, 0) is 49.2 Å². The van der Waals surface area contributed by atoms with E-state index in [4.69, 9.17) is 0 Å². The Labute approximate surface area is 120 Å². The first-order valence-electron chi connectivity index (χ1n) is 7.45. The monoisotopic (exact) mass is 270 g/mol. The van der Waals surface area contributed by atoms with Gasteiger partial charge in [-0.1, -0.05) is 52.7 Å². The van der Waals surface area contributed by atoms with E-state index in [0.29, 0.717) is 5.41 Å². The lowest BCUT2D eigenvalue weighted by atomic mass is 9.73. The van der Waals surface area contributed by atoms with Gasteiger partial charge in [-0.2, -0.15) is 0 Å². The predicted octanol–water partition coefficient (Wildman–Crippen LogP) is 6.83. The molecule has 0 aliphatic rings. The van der Waals surface area contributed by atoms with Gasteiger partial charge in [0.2, 0.25) is 0 Å². The summed E-state index contributed by atoms with van der Waals surface area (Å²) in [4.78, 5) is 0. The van der Waals surface area contributed by atoms with E-state index in [-0.39, 0.29) is 0 Å². The van der Waals surface area contributed by atoms with Gasteiger partial charge in [-0.3, -0.25) is 0 Å². The Morgan fingerprint density at radius 2 is 1.28 bits per heavy atom. The fraction of sp³-hybridized carbons (Fsp3) is 0.765. The lowest BCUT2D eigenvalue weighted by Crippen LogP contribution is -2.21. The largest absolute Gasteiger partial charge is 0.135 e. The van der Waals surface area contributed by atoms with Crippen LogP contribution < -0.4 is 0 Å². The van der Waals surface area contributed by atoms with Crippen LogP contribution in [0.3, 0.4) is 0 Å². The summed E-state index contributed by atoms with van der Waals surface area (Å²) in [7, 11) is 0. The minimum absolute atomic E-state index is 0.633. The first kappa shape index (κ1) is 20.2. The van der Waals surface area contributed by atoms with Gasteiger partial charge >= 0.3 is 0 Å². The highest BCUT2D eigenvalue weighted by molar-refractivity contribution is 8.02. The molecule has 0 nitrogen and oxygen atoms in total. The summed E-state index contributed by atoms with van der Waals surface area (Å²) in [6, 6.07) is 0. The van der Waals surface area contributed by atoms with E-state index >= 15 is 0 Å². The van der Waals surface area contributed by atoms with Crippen molar-refractivity contribution in [2.24, 2.45) is 5.41 Å². The molecule has 0 rings (SSSR count). The van der Waals surface area contributed by atoms with Gasteiger partial charge in [0.05, 0.1) is 0 Å². The topological polar surface area (TPSA) is 0 Å². The molecule has 0 aliphatic heterocycles. The Kier molecular flexibility index (Phi) is 16.7. The van der Waals surface area contributed by atoms with E-state index in [9.17, 15) is 0 Å². The fourth-order valence-corrected chi connectivity index (χ4v) is 3.42. The van der Waals surface area contributed by atoms with Crippen LogP contribution in [-0.2, 0) is 0 Å². The zero-order valence-corrected chi connectivity index (χ0v) is 14.0. The van der Waals surface area contributed by atoms with Gasteiger partial charge < -0.3 is 0 Å². The highest BCUT2D eigenvalue weighted by Crippen LogP contribution is 2.39.